The Labute approximate surface area is 109 Å². The van der Waals surface area contributed by atoms with Crippen molar-refractivity contribution < 1.29 is 0 Å². The maximum absolute atomic E-state index is 4.27. The number of benzene rings is 1. The normalized spacial score (nSPS) is 10.7. The molecule has 5 heteroatoms. The lowest BCUT2D eigenvalue weighted by atomic mass is 10.3. The first-order chi connectivity index (χ1) is 8.85. The van der Waals surface area contributed by atoms with Crippen LogP contribution in [0.2, 0.25) is 0 Å². The van der Waals surface area contributed by atoms with Crippen LogP contribution in [0.4, 0.5) is 11.4 Å². The van der Waals surface area contributed by atoms with E-state index in [-0.39, 0.29) is 0 Å². The monoisotopic (exact) mass is 256 g/mol. The number of imidazole rings is 1. The molecule has 0 fully saturated rings. The van der Waals surface area contributed by atoms with Gasteiger partial charge in [-0.05, 0) is 30.5 Å². The number of thioether (sulfide) groups is 1. The van der Waals surface area contributed by atoms with Gasteiger partial charge >= 0.3 is 0 Å². The Morgan fingerprint density at radius 3 is 3.00 bits per heavy atom. The van der Waals surface area contributed by atoms with Crippen LogP contribution in [0.5, 0.6) is 0 Å². The van der Waals surface area contributed by atoms with E-state index < -0.39 is 0 Å². The van der Waals surface area contributed by atoms with E-state index >= 15 is 0 Å². The average molecular weight is 256 g/mol. The third-order valence-corrected chi connectivity index (χ3v) is 3.36. The van der Waals surface area contributed by atoms with Gasteiger partial charge in [0.2, 0.25) is 0 Å². The molecule has 2 N–H and O–H groups in total. The molecule has 18 heavy (non-hydrogen) atoms. The van der Waals surface area contributed by atoms with E-state index in [9.17, 15) is 0 Å². The van der Waals surface area contributed by atoms with E-state index in [4.69, 9.17) is 0 Å². The predicted octanol–water partition coefficient (Wildman–Crippen LogP) is 3.42. The summed E-state index contributed by atoms with van der Waals surface area (Å²) in [5.41, 5.74) is 3.67. The van der Waals surface area contributed by atoms with E-state index in [1.807, 2.05) is 18.2 Å². The van der Waals surface area contributed by atoms with Gasteiger partial charge in [-0.2, -0.15) is 0 Å². The van der Waals surface area contributed by atoms with E-state index in [0.717, 1.165) is 22.5 Å². The highest BCUT2D eigenvalue weighted by atomic mass is 32.2. The van der Waals surface area contributed by atoms with E-state index in [1.54, 1.807) is 24.3 Å². The summed E-state index contributed by atoms with van der Waals surface area (Å²) in [7, 11) is 0. The molecule has 0 unspecified atom stereocenters. The van der Waals surface area contributed by atoms with Crippen LogP contribution in [0.25, 0.3) is 11.2 Å². The highest BCUT2D eigenvalue weighted by Gasteiger charge is 2.00. The van der Waals surface area contributed by atoms with Gasteiger partial charge in [-0.15, -0.1) is 11.8 Å². The number of hydrogen-bond acceptors (Lipinski definition) is 4. The van der Waals surface area contributed by atoms with Crippen molar-refractivity contribution in [2.45, 2.75) is 4.90 Å². The Hall–Kier alpha value is -2.01. The second kappa shape index (κ2) is 4.70. The Balaban J connectivity index is 1.90. The lowest BCUT2D eigenvalue weighted by Gasteiger charge is -2.07. The van der Waals surface area contributed by atoms with Crippen LogP contribution in [0.1, 0.15) is 0 Å². The number of nitrogens with one attached hydrogen (secondary N) is 2. The topological polar surface area (TPSA) is 53.6 Å². The largest absolute Gasteiger partial charge is 0.354 e. The summed E-state index contributed by atoms with van der Waals surface area (Å²) in [5, 5.41) is 3.34. The zero-order chi connectivity index (χ0) is 12.4. The van der Waals surface area contributed by atoms with Crippen molar-refractivity contribution in [2.75, 3.05) is 11.6 Å². The highest BCUT2D eigenvalue weighted by molar-refractivity contribution is 7.98. The average Bonchev–Trinajstić information content (AvgIpc) is 2.86. The fraction of sp³-hybridized carbons (Fsp3) is 0.0769. The number of H-pyrrole nitrogens is 1. The van der Waals surface area contributed by atoms with Crippen LogP contribution in [0.3, 0.4) is 0 Å². The predicted molar refractivity (Wildman–Crippen MR) is 75.4 cm³/mol. The van der Waals surface area contributed by atoms with Gasteiger partial charge in [-0.25, -0.2) is 9.97 Å². The summed E-state index contributed by atoms with van der Waals surface area (Å²) in [5.74, 6) is 0. The smallest absolute Gasteiger partial charge is 0.177 e. The van der Waals surface area contributed by atoms with Gasteiger partial charge in [0.25, 0.3) is 0 Å². The molecule has 0 bridgehead atoms. The summed E-state index contributed by atoms with van der Waals surface area (Å²) in [6.07, 6.45) is 5.50. The first kappa shape index (κ1) is 11.1. The molecular weight excluding hydrogens is 244 g/mol. The second-order valence-corrected chi connectivity index (χ2v) is 4.73. The van der Waals surface area contributed by atoms with Gasteiger partial charge in [0.1, 0.15) is 0 Å². The maximum Gasteiger partial charge on any atom is 0.177 e. The molecule has 3 rings (SSSR count). The third kappa shape index (κ3) is 2.17. The molecule has 1 aromatic carbocycles. The fourth-order valence-electron chi connectivity index (χ4n) is 1.77. The van der Waals surface area contributed by atoms with Crippen molar-refractivity contribution in [1.29, 1.82) is 0 Å². The minimum atomic E-state index is 0.735. The lowest BCUT2D eigenvalue weighted by Crippen LogP contribution is -1.91. The van der Waals surface area contributed by atoms with Gasteiger partial charge in [-0.3, -0.25) is 0 Å². The summed E-state index contributed by atoms with van der Waals surface area (Å²) < 4.78 is 0. The standard InChI is InChI=1S/C13H12N4S/c1-18-11-4-2-3-9(5-11)17-10-6-12-13(14-7-10)16-8-15-12/h2-8,17H,1H3,(H,14,15,16). The van der Waals surface area contributed by atoms with Crippen molar-refractivity contribution in [3.63, 3.8) is 0 Å². The molecule has 90 valence electrons. The van der Waals surface area contributed by atoms with Crippen LogP contribution in [0.15, 0.2) is 47.8 Å². The van der Waals surface area contributed by atoms with Crippen molar-refractivity contribution in [1.82, 2.24) is 15.0 Å². The van der Waals surface area contributed by atoms with Gasteiger partial charge in [0, 0.05) is 10.6 Å². The van der Waals surface area contributed by atoms with Gasteiger partial charge in [0.05, 0.1) is 23.7 Å². The molecule has 2 aromatic heterocycles. The van der Waals surface area contributed by atoms with E-state index in [1.165, 1.54) is 4.90 Å². The number of aromatic amines is 1. The summed E-state index contributed by atoms with van der Waals surface area (Å²) >= 11 is 1.73. The van der Waals surface area contributed by atoms with Gasteiger partial charge < -0.3 is 10.3 Å². The number of anilines is 2. The number of rotatable bonds is 3. The molecule has 0 aliphatic carbocycles. The highest BCUT2D eigenvalue weighted by Crippen LogP contribution is 2.23. The minimum absolute atomic E-state index is 0.735. The van der Waals surface area contributed by atoms with Crippen LogP contribution >= 0.6 is 11.8 Å². The maximum atomic E-state index is 4.27. The molecule has 4 nitrogen and oxygen atoms in total. The van der Waals surface area contributed by atoms with E-state index in [0.29, 0.717) is 0 Å². The number of nitrogens with zero attached hydrogens (tertiary/aromatic N) is 2. The van der Waals surface area contributed by atoms with Crippen LogP contribution in [0, 0.1) is 0 Å². The Morgan fingerprint density at radius 1 is 1.17 bits per heavy atom. The Morgan fingerprint density at radius 2 is 2.11 bits per heavy atom. The van der Waals surface area contributed by atoms with Crippen molar-refractivity contribution in [2.24, 2.45) is 0 Å². The molecule has 3 aromatic rings. The van der Waals surface area contributed by atoms with Crippen LogP contribution < -0.4 is 5.32 Å². The summed E-state index contributed by atoms with van der Waals surface area (Å²) in [6.45, 7) is 0. The van der Waals surface area contributed by atoms with Crippen molar-refractivity contribution in [3.05, 3.63) is 42.9 Å². The number of pyridine rings is 1. The number of fused-ring (bicyclic) bond motifs is 1. The number of aromatic nitrogens is 3. The quantitative estimate of drug-likeness (QED) is 0.705. The molecular formula is C13H12N4S. The zero-order valence-corrected chi connectivity index (χ0v) is 10.7. The molecule has 2 heterocycles. The molecule has 0 spiro atoms. The first-order valence-electron chi connectivity index (χ1n) is 5.55. The van der Waals surface area contributed by atoms with Crippen LogP contribution in [-0.2, 0) is 0 Å². The molecule has 0 saturated heterocycles. The molecule has 0 saturated carbocycles. The Bertz CT molecular complexity index is 677. The molecule has 0 atom stereocenters. The van der Waals surface area contributed by atoms with Crippen LogP contribution in [-0.4, -0.2) is 21.2 Å². The second-order valence-electron chi connectivity index (χ2n) is 3.85. The number of hydrogen-bond donors (Lipinski definition) is 2. The molecule has 0 radical (unpaired) electrons. The minimum Gasteiger partial charge on any atom is -0.354 e. The molecule has 0 aliphatic rings. The SMILES string of the molecule is CSc1cccc(Nc2cnc3nc[nH]c3c2)c1. The third-order valence-electron chi connectivity index (χ3n) is 2.63. The Kier molecular flexibility index (Phi) is 2.90. The van der Waals surface area contributed by atoms with Crippen molar-refractivity contribution >= 4 is 34.3 Å². The zero-order valence-electron chi connectivity index (χ0n) is 9.84. The first-order valence-corrected chi connectivity index (χ1v) is 6.78. The van der Waals surface area contributed by atoms with Crippen molar-refractivity contribution in [3.8, 4) is 0 Å². The lowest BCUT2D eigenvalue weighted by molar-refractivity contribution is 1.30. The van der Waals surface area contributed by atoms with Gasteiger partial charge in [-0.1, -0.05) is 6.07 Å². The van der Waals surface area contributed by atoms with Gasteiger partial charge in [0.15, 0.2) is 5.65 Å². The summed E-state index contributed by atoms with van der Waals surface area (Å²) in [6, 6.07) is 10.3. The summed E-state index contributed by atoms with van der Waals surface area (Å²) in [4.78, 5) is 12.6. The van der Waals surface area contributed by atoms with E-state index in [2.05, 4.69) is 38.7 Å². The fourth-order valence-corrected chi connectivity index (χ4v) is 2.22. The molecule has 0 aliphatic heterocycles. The molecule has 0 amide bonds.